The van der Waals surface area contributed by atoms with E-state index in [0.717, 1.165) is 22.8 Å². The van der Waals surface area contributed by atoms with Gasteiger partial charge in [0.15, 0.2) is 0 Å². The van der Waals surface area contributed by atoms with Gasteiger partial charge in [0.1, 0.15) is 23.3 Å². The Morgan fingerprint density at radius 3 is 2.49 bits per heavy atom. The second-order valence-corrected chi connectivity index (χ2v) is 8.01. The molecule has 0 fully saturated rings. The van der Waals surface area contributed by atoms with Gasteiger partial charge in [-0.3, -0.25) is 4.79 Å². The molecule has 0 spiro atoms. The monoisotopic (exact) mass is 462 g/mol. The Labute approximate surface area is 201 Å². The SMILES string of the molecule is CCc1ccc(Oc2coc3cc(OC(=O)C=Cc4cccc5ccccc45)ccc3c2=O)cc1. The quantitative estimate of drug-likeness (QED) is 0.156. The number of ether oxygens (including phenoxy) is 2. The number of hydrogen-bond donors (Lipinski definition) is 0. The van der Waals surface area contributed by atoms with Crippen molar-refractivity contribution in [3.05, 3.63) is 119 Å². The lowest BCUT2D eigenvalue weighted by Crippen LogP contribution is -2.06. The molecule has 0 atom stereocenters. The smallest absolute Gasteiger partial charge is 0.336 e. The molecule has 0 N–H and O–H groups in total. The fourth-order valence-electron chi connectivity index (χ4n) is 3.85. The first-order valence-corrected chi connectivity index (χ1v) is 11.3. The van der Waals surface area contributed by atoms with Crippen molar-refractivity contribution >= 4 is 33.8 Å². The van der Waals surface area contributed by atoms with Gasteiger partial charge in [0.25, 0.3) is 0 Å². The third-order valence-electron chi connectivity index (χ3n) is 5.71. The summed E-state index contributed by atoms with van der Waals surface area (Å²) in [6, 6.07) is 26.0. The van der Waals surface area contributed by atoms with Gasteiger partial charge in [0, 0.05) is 12.1 Å². The highest BCUT2D eigenvalue weighted by atomic mass is 16.5. The Hall–Kier alpha value is -4.64. The molecular weight excluding hydrogens is 440 g/mol. The molecule has 5 nitrogen and oxygen atoms in total. The van der Waals surface area contributed by atoms with Crippen molar-refractivity contribution in [2.45, 2.75) is 13.3 Å². The summed E-state index contributed by atoms with van der Waals surface area (Å²) in [6.45, 7) is 2.07. The third kappa shape index (κ3) is 4.84. The molecule has 4 aromatic carbocycles. The lowest BCUT2D eigenvalue weighted by Gasteiger charge is -2.07. The molecule has 0 unspecified atom stereocenters. The van der Waals surface area contributed by atoms with E-state index in [-0.39, 0.29) is 16.9 Å². The first-order valence-electron chi connectivity index (χ1n) is 11.3. The number of benzene rings is 4. The highest BCUT2D eigenvalue weighted by Crippen LogP contribution is 2.25. The van der Waals surface area contributed by atoms with Crippen molar-refractivity contribution in [2.75, 3.05) is 0 Å². The predicted molar refractivity (Wildman–Crippen MR) is 137 cm³/mol. The maximum absolute atomic E-state index is 12.9. The van der Waals surface area contributed by atoms with Gasteiger partial charge in [-0.05, 0) is 58.7 Å². The molecule has 5 aromatic rings. The maximum atomic E-state index is 12.9. The Bertz CT molecular complexity index is 1610. The molecular formula is C30H22O5. The number of hydrogen-bond acceptors (Lipinski definition) is 5. The van der Waals surface area contributed by atoms with Crippen LogP contribution in [-0.4, -0.2) is 5.97 Å². The van der Waals surface area contributed by atoms with Gasteiger partial charge >= 0.3 is 5.97 Å². The molecule has 0 bridgehead atoms. The highest BCUT2D eigenvalue weighted by Gasteiger charge is 2.11. The lowest BCUT2D eigenvalue weighted by molar-refractivity contribution is -0.128. The van der Waals surface area contributed by atoms with Gasteiger partial charge in [0.05, 0.1) is 5.39 Å². The summed E-state index contributed by atoms with van der Waals surface area (Å²) in [5.74, 6) is 0.383. The van der Waals surface area contributed by atoms with Crippen LogP contribution in [-0.2, 0) is 11.2 Å². The van der Waals surface area contributed by atoms with Crippen molar-refractivity contribution in [3.63, 3.8) is 0 Å². The van der Waals surface area contributed by atoms with Gasteiger partial charge in [-0.1, -0.05) is 61.5 Å². The fourth-order valence-corrected chi connectivity index (χ4v) is 3.85. The molecule has 5 heteroatoms. The van der Waals surface area contributed by atoms with E-state index in [1.54, 1.807) is 18.2 Å². The largest absolute Gasteiger partial charge is 0.460 e. The maximum Gasteiger partial charge on any atom is 0.336 e. The Morgan fingerprint density at radius 2 is 1.66 bits per heavy atom. The number of carbonyl (C=O) groups excluding carboxylic acids is 1. The van der Waals surface area contributed by atoms with Gasteiger partial charge in [-0.2, -0.15) is 0 Å². The van der Waals surface area contributed by atoms with E-state index in [9.17, 15) is 9.59 Å². The number of fused-ring (bicyclic) bond motifs is 2. The van der Waals surface area contributed by atoms with E-state index in [2.05, 4.69) is 6.92 Å². The van der Waals surface area contributed by atoms with E-state index in [4.69, 9.17) is 13.9 Å². The van der Waals surface area contributed by atoms with Crippen LogP contribution >= 0.6 is 0 Å². The average Bonchev–Trinajstić information content (AvgIpc) is 2.89. The molecule has 1 heterocycles. The molecule has 172 valence electrons. The second kappa shape index (κ2) is 9.69. The average molecular weight is 463 g/mol. The number of esters is 1. The van der Waals surface area contributed by atoms with Crippen LogP contribution in [0, 0.1) is 0 Å². The topological polar surface area (TPSA) is 65.7 Å². The normalized spacial score (nSPS) is 11.2. The lowest BCUT2D eigenvalue weighted by atomic mass is 10.0. The molecule has 0 amide bonds. The number of carbonyl (C=O) groups is 1. The van der Waals surface area contributed by atoms with E-state index in [1.165, 1.54) is 24.0 Å². The van der Waals surface area contributed by atoms with Crippen molar-refractivity contribution in [1.29, 1.82) is 0 Å². The van der Waals surface area contributed by atoms with Crippen LogP contribution in [0.1, 0.15) is 18.1 Å². The van der Waals surface area contributed by atoms with Crippen LogP contribution in [0.15, 0.2) is 106 Å². The van der Waals surface area contributed by atoms with Gasteiger partial charge in [-0.25, -0.2) is 4.79 Å². The summed E-state index contributed by atoms with van der Waals surface area (Å²) in [5, 5.41) is 2.47. The molecule has 1 aromatic heterocycles. The van der Waals surface area contributed by atoms with E-state index >= 15 is 0 Å². The van der Waals surface area contributed by atoms with Crippen molar-refractivity contribution in [1.82, 2.24) is 0 Å². The Kier molecular flexibility index (Phi) is 6.14. The third-order valence-corrected chi connectivity index (χ3v) is 5.71. The fraction of sp³-hybridized carbons (Fsp3) is 0.0667. The Morgan fingerprint density at radius 1 is 0.886 bits per heavy atom. The minimum absolute atomic E-state index is 0.0875. The summed E-state index contributed by atoms with van der Waals surface area (Å²) in [5.41, 5.74) is 2.09. The van der Waals surface area contributed by atoms with E-state index in [0.29, 0.717) is 16.7 Å². The van der Waals surface area contributed by atoms with Crippen molar-refractivity contribution in [2.24, 2.45) is 0 Å². The van der Waals surface area contributed by atoms with Gasteiger partial charge < -0.3 is 13.9 Å². The van der Waals surface area contributed by atoms with Crippen molar-refractivity contribution in [3.8, 4) is 17.2 Å². The summed E-state index contributed by atoms with van der Waals surface area (Å²) < 4.78 is 16.7. The zero-order chi connectivity index (χ0) is 24.2. The zero-order valence-corrected chi connectivity index (χ0v) is 19.1. The standard InChI is InChI=1S/C30H22O5/c1-2-20-10-13-23(14-11-20)34-28-19-33-27-18-24(15-16-26(27)30(28)32)35-29(31)17-12-22-8-5-7-21-6-3-4-9-25(21)22/h3-19H,2H2,1H3. The summed E-state index contributed by atoms with van der Waals surface area (Å²) >= 11 is 0. The predicted octanol–water partition coefficient (Wildman–Crippen LogP) is 6.92. The molecule has 0 saturated heterocycles. The van der Waals surface area contributed by atoms with Crippen LogP contribution in [0.4, 0.5) is 0 Å². The summed E-state index contributed by atoms with van der Waals surface area (Å²) in [6.07, 6.45) is 5.29. The van der Waals surface area contributed by atoms with Gasteiger partial charge in [-0.15, -0.1) is 0 Å². The number of aryl methyl sites for hydroxylation is 1. The minimum Gasteiger partial charge on any atom is -0.460 e. The van der Waals surface area contributed by atoms with Crippen LogP contribution < -0.4 is 14.9 Å². The molecule has 35 heavy (non-hydrogen) atoms. The molecule has 0 radical (unpaired) electrons. The highest BCUT2D eigenvalue weighted by molar-refractivity contribution is 5.95. The van der Waals surface area contributed by atoms with Gasteiger partial charge in [0.2, 0.25) is 11.2 Å². The second-order valence-electron chi connectivity index (χ2n) is 8.01. The first kappa shape index (κ1) is 22.2. The summed E-state index contributed by atoms with van der Waals surface area (Å²) in [7, 11) is 0. The molecule has 5 rings (SSSR count). The van der Waals surface area contributed by atoms with Crippen LogP contribution in [0.5, 0.6) is 17.2 Å². The molecule has 0 aliphatic heterocycles. The van der Waals surface area contributed by atoms with Crippen LogP contribution in [0.3, 0.4) is 0 Å². The van der Waals surface area contributed by atoms with Crippen LogP contribution in [0.2, 0.25) is 0 Å². The summed E-state index contributed by atoms with van der Waals surface area (Å²) in [4.78, 5) is 25.3. The van der Waals surface area contributed by atoms with Crippen molar-refractivity contribution < 1.29 is 18.7 Å². The van der Waals surface area contributed by atoms with Crippen LogP contribution in [0.25, 0.3) is 27.8 Å². The first-order chi connectivity index (χ1) is 17.1. The van der Waals surface area contributed by atoms with E-state index < -0.39 is 5.97 Å². The number of rotatable bonds is 6. The molecule has 0 aliphatic rings. The minimum atomic E-state index is -0.532. The van der Waals surface area contributed by atoms with E-state index in [1.807, 2.05) is 66.7 Å². The molecule has 0 saturated carbocycles. The Balaban J connectivity index is 1.32. The molecule has 0 aliphatic carbocycles. The zero-order valence-electron chi connectivity index (χ0n) is 19.1.